The number of amides is 4. The minimum atomic E-state index is -0.879. The minimum Gasteiger partial charge on any atom is -0.369 e. The Hall–Kier alpha value is -7.57. The smallest absolute Gasteiger partial charge is 0.255 e. The van der Waals surface area contributed by atoms with Crippen LogP contribution in [0.4, 0.5) is 29.2 Å². The second-order valence-corrected chi connectivity index (χ2v) is 19.3. The van der Waals surface area contributed by atoms with Crippen molar-refractivity contribution < 1.29 is 36.7 Å². The van der Waals surface area contributed by atoms with Crippen LogP contribution in [0.1, 0.15) is 102 Å². The van der Waals surface area contributed by atoms with Gasteiger partial charge in [0.15, 0.2) is 17.3 Å². The van der Waals surface area contributed by atoms with E-state index in [0.29, 0.717) is 96.9 Å². The summed E-state index contributed by atoms with van der Waals surface area (Å²) >= 11 is 3.33. The van der Waals surface area contributed by atoms with Gasteiger partial charge >= 0.3 is 0 Å². The summed E-state index contributed by atoms with van der Waals surface area (Å²) in [6.07, 6.45) is 16.5. The Morgan fingerprint density at radius 2 is 1.17 bits per heavy atom. The van der Waals surface area contributed by atoms with Crippen molar-refractivity contribution in [2.24, 2.45) is 23.3 Å². The number of hydrogen-bond acceptors (Lipinski definition) is 10. The van der Waals surface area contributed by atoms with Crippen LogP contribution in [-0.2, 0) is 22.7 Å². The second kappa shape index (κ2) is 24.0. The molecule has 6 aromatic rings. The van der Waals surface area contributed by atoms with Crippen molar-refractivity contribution in [2.45, 2.75) is 77.5 Å². The van der Waals surface area contributed by atoms with Gasteiger partial charge in [0.1, 0.15) is 50.0 Å². The molecule has 6 N–H and O–H groups in total. The number of rotatable bonds is 14. The molecule has 2 saturated carbocycles. The Bertz CT molecular complexity index is 3360. The van der Waals surface area contributed by atoms with E-state index in [1.807, 2.05) is 19.8 Å². The van der Waals surface area contributed by atoms with E-state index in [0.717, 1.165) is 25.8 Å². The van der Waals surface area contributed by atoms with Crippen LogP contribution < -0.4 is 22.1 Å². The third-order valence-corrected chi connectivity index (χ3v) is 14.1. The van der Waals surface area contributed by atoms with E-state index in [2.05, 4.69) is 71.7 Å². The first-order chi connectivity index (χ1) is 36.0. The molecule has 0 unspecified atom stereocenters. The lowest BCUT2D eigenvalue weighted by Gasteiger charge is -2.17. The number of benzene rings is 2. The van der Waals surface area contributed by atoms with Crippen LogP contribution >= 0.6 is 29.4 Å². The van der Waals surface area contributed by atoms with E-state index >= 15 is 4.39 Å². The summed E-state index contributed by atoms with van der Waals surface area (Å²) in [7, 11) is 0. The van der Waals surface area contributed by atoms with Crippen LogP contribution in [0.15, 0.2) is 54.7 Å². The van der Waals surface area contributed by atoms with Gasteiger partial charge in [-0.05, 0) is 98.2 Å². The van der Waals surface area contributed by atoms with Crippen molar-refractivity contribution in [2.75, 3.05) is 49.9 Å². The number of imidazole rings is 2. The van der Waals surface area contributed by atoms with Crippen molar-refractivity contribution in [3.8, 4) is 24.2 Å². The van der Waals surface area contributed by atoms with E-state index in [1.165, 1.54) is 49.8 Å². The molecule has 4 fully saturated rings. The number of fused-ring (bicyclic) bond motifs is 2. The summed E-state index contributed by atoms with van der Waals surface area (Å²) in [6.45, 7) is 15.4. The molecule has 2 aliphatic heterocycles. The molecule has 2 atom stereocenters. The normalized spacial score (nSPS) is 16.6. The monoisotopic (exact) mass is 1130 g/mol. The fourth-order valence-electron chi connectivity index (χ4n) is 9.04. The zero-order chi connectivity index (χ0) is 53.8. The number of carbonyl (C=O) groups excluding carboxylic acids is 4. The van der Waals surface area contributed by atoms with E-state index in [-0.39, 0.29) is 65.2 Å². The van der Waals surface area contributed by atoms with Gasteiger partial charge in [-0.15, -0.1) is 6.42 Å². The highest BCUT2D eigenvalue weighted by Crippen LogP contribution is 2.36. The topological polar surface area (TPSA) is 222 Å². The molecule has 6 heterocycles. The van der Waals surface area contributed by atoms with Gasteiger partial charge in [0.25, 0.3) is 11.8 Å². The summed E-state index contributed by atoms with van der Waals surface area (Å²) in [4.78, 5) is 59.5. The Labute approximate surface area is 450 Å². The first-order valence-corrected chi connectivity index (χ1v) is 25.3. The van der Waals surface area contributed by atoms with E-state index in [4.69, 9.17) is 17.9 Å². The predicted molar refractivity (Wildman–Crippen MR) is 287 cm³/mol. The molecule has 2 aliphatic carbocycles. The van der Waals surface area contributed by atoms with Gasteiger partial charge in [0.2, 0.25) is 11.8 Å². The third-order valence-electron chi connectivity index (χ3n) is 13.5. The van der Waals surface area contributed by atoms with Crippen molar-refractivity contribution in [1.82, 2.24) is 48.5 Å². The van der Waals surface area contributed by atoms with Gasteiger partial charge in [-0.2, -0.15) is 23.7 Å². The zero-order valence-corrected chi connectivity index (χ0v) is 44.4. The number of hydrogen-bond donors (Lipinski definition) is 4. The molecule has 4 aliphatic rings. The third kappa shape index (κ3) is 11.8. The maximum absolute atomic E-state index is 15.1. The highest BCUT2D eigenvalue weighted by molar-refractivity contribution is 9.10. The molecular weight excluding hydrogens is 1070 g/mol. The summed E-state index contributed by atoms with van der Waals surface area (Å²) < 4.78 is 64.1. The van der Waals surface area contributed by atoms with Crippen LogP contribution in [-0.4, -0.2) is 111 Å². The fraction of sp³-hybridized carbons (Fsp3) is 0.385. The number of likely N-dealkylation sites (tertiary alicyclic amines) is 2. The summed E-state index contributed by atoms with van der Waals surface area (Å²) in [6, 6.07) is 2.19. The largest absolute Gasteiger partial charge is 0.369 e. The van der Waals surface area contributed by atoms with Crippen molar-refractivity contribution in [3.63, 3.8) is 0 Å². The number of nitrogens with one attached hydrogen (secondary N) is 2. The highest BCUT2D eigenvalue weighted by atomic mass is 79.9. The molecule has 4 aromatic heterocycles. The van der Waals surface area contributed by atoms with Gasteiger partial charge in [-0.25, -0.2) is 36.9 Å². The molecule has 400 valence electrons. The van der Waals surface area contributed by atoms with Gasteiger partial charge in [-0.1, -0.05) is 25.0 Å². The van der Waals surface area contributed by atoms with Crippen molar-refractivity contribution >= 4 is 86.8 Å². The molecule has 76 heavy (non-hydrogen) atoms. The fourth-order valence-corrected chi connectivity index (χ4v) is 9.60. The lowest BCUT2D eigenvalue weighted by Crippen LogP contribution is -2.27. The van der Waals surface area contributed by atoms with E-state index in [9.17, 15) is 32.3 Å². The number of terminal acetylenes is 1. The van der Waals surface area contributed by atoms with Crippen molar-refractivity contribution in [3.05, 3.63) is 106 Å². The molecule has 2 aromatic carbocycles. The molecule has 10 rings (SSSR count). The molecule has 0 radical (unpaired) electrons. The van der Waals surface area contributed by atoms with Crippen LogP contribution in [0.25, 0.3) is 22.1 Å². The second-order valence-electron chi connectivity index (χ2n) is 18.5. The number of aryl methyl sites for hydroxylation is 2. The molecular formula is C52H57BrF4N14O4S. The summed E-state index contributed by atoms with van der Waals surface area (Å²) in [5.74, 6) is 4.61. The molecule has 0 spiro atoms. The Morgan fingerprint density at radius 3 is 1.61 bits per heavy atom. The standard InChI is InChI=1S/C26H27F2N7O2.C15H20BrN5O2.C11H8F2N2.H2S/c1-3-21(36)34-10-9-16(13-34)35-26(30-12-15-5-6-15)22(25(29)37)19(32-35)8-7-17-18(27)11-20-24(23(17)28)31-14-33(20)4-2;1-2-11(22)20-6-5-10(8-20)21-15(18-7-9-3-4-9)12(14(17)23)13(16)19-21;1-3-7-8(12)5-9-11(10(7)13)14-6-15(9)4-2;/h3,11,14-16,30H,1,4-6,9-10,12-13H2,2H3,(H2,29,37);2,9-10,18H,1,3-8H2,(H2,17,23);1,5-6H,4H2,2H3;1H2/t16-;10-;;/m00../s1. The molecule has 0 bridgehead atoms. The zero-order valence-electron chi connectivity index (χ0n) is 41.8. The first-order valence-electron chi connectivity index (χ1n) is 24.5. The predicted octanol–water partition coefficient (Wildman–Crippen LogP) is 6.77. The Balaban J connectivity index is 0.000000183. The van der Waals surface area contributed by atoms with Crippen molar-refractivity contribution in [1.29, 1.82) is 0 Å². The average Bonchev–Trinajstić information content (AvgIpc) is 3.95. The van der Waals surface area contributed by atoms with Crippen LogP contribution in [0, 0.1) is 59.3 Å². The van der Waals surface area contributed by atoms with Gasteiger partial charge in [0.05, 0.1) is 46.9 Å². The quantitative estimate of drug-likeness (QED) is 0.0510. The maximum atomic E-state index is 15.1. The van der Waals surface area contributed by atoms with Gasteiger partial charge < -0.3 is 41.0 Å². The lowest BCUT2D eigenvalue weighted by atomic mass is 10.1. The van der Waals surface area contributed by atoms with Crippen LogP contribution in [0.2, 0.25) is 0 Å². The molecule has 24 heteroatoms. The SMILES string of the molecule is C#Cc1c(F)cc2c(ncn2CC)c1F.C=CC(=O)N1CC[C@H](n2nc(Br)c(C(N)=O)c2NCC2CC2)C1.C=CC(=O)N1CC[C@H](n2nc(C#Cc3c(F)cc4c(ncn4CC)c3F)c(C(N)=O)c2NCC2CC2)C1.S. The Kier molecular flexibility index (Phi) is 17.7. The summed E-state index contributed by atoms with van der Waals surface area (Å²) in [5, 5.41) is 15.6. The highest BCUT2D eigenvalue weighted by Gasteiger charge is 2.35. The number of anilines is 2. The maximum Gasteiger partial charge on any atom is 0.255 e. The van der Waals surface area contributed by atoms with E-state index in [1.54, 1.807) is 28.3 Å². The average molecular weight is 1130 g/mol. The number of nitrogens with two attached hydrogens (primary N) is 2. The van der Waals surface area contributed by atoms with E-state index < -0.39 is 40.6 Å². The van der Waals surface area contributed by atoms with Gasteiger partial charge in [-0.3, -0.25) is 19.2 Å². The summed E-state index contributed by atoms with van der Waals surface area (Å²) in [5.41, 5.74) is 11.7. The molecule has 18 nitrogen and oxygen atoms in total. The lowest BCUT2D eigenvalue weighted by molar-refractivity contribution is -0.125. The Morgan fingerprint density at radius 1 is 0.724 bits per heavy atom. The van der Waals surface area contributed by atoms with Crippen LogP contribution in [0.3, 0.4) is 0 Å². The minimum absolute atomic E-state index is 0. The number of aromatic nitrogens is 8. The van der Waals surface area contributed by atoms with Gasteiger partial charge in [0, 0.05) is 64.5 Å². The molecule has 4 amide bonds. The number of primary amides is 2. The number of carbonyl (C=O) groups is 4. The molecule has 2 saturated heterocycles. The number of nitrogens with zero attached hydrogens (tertiary/aromatic N) is 10. The van der Waals surface area contributed by atoms with Crippen LogP contribution in [0.5, 0.6) is 0 Å². The first kappa shape index (κ1) is 56.2. The number of halogens is 5.